The van der Waals surface area contributed by atoms with E-state index in [-0.39, 0.29) is 29.1 Å². The molecule has 0 spiro atoms. The van der Waals surface area contributed by atoms with Gasteiger partial charge in [-0.05, 0) is 67.2 Å². The van der Waals surface area contributed by atoms with Crippen LogP contribution in [0.15, 0.2) is 18.2 Å². The Hall–Kier alpha value is -1.42. The molecule has 2 aliphatic rings. The lowest BCUT2D eigenvalue weighted by molar-refractivity contribution is -0.142. The van der Waals surface area contributed by atoms with Crippen LogP contribution in [0.2, 0.25) is 0 Å². The molecule has 1 aromatic rings. The van der Waals surface area contributed by atoms with Crippen LogP contribution in [0.1, 0.15) is 57.6 Å². The van der Waals surface area contributed by atoms with Crippen LogP contribution >= 0.6 is 0 Å². The number of hydrogen-bond donors (Lipinski definition) is 0. The van der Waals surface area contributed by atoms with Crippen LogP contribution in [0.3, 0.4) is 0 Å². The monoisotopic (exact) mass is 361 g/mol. The van der Waals surface area contributed by atoms with Crippen molar-refractivity contribution in [2.24, 2.45) is 11.3 Å². The molecule has 0 N–H and O–H groups in total. The lowest BCUT2D eigenvalue weighted by Gasteiger charge is -2.41. The fourth-order valence-corrected chi connectivity index (χ4v) is 4.56. The Morgan fingerprint density at radius 3 is 2.46 bits per heavy atom. The molecule has 1 aliphatic heterocycles. The first-order chi connectivity index (χ1) is 12.3. The van der Waals surface area contributed by atoms with Gasteiger partial charge in [-0.15, -0.1) is 0 Å². The molecule has 0 bridgehead atoms. The number of benzene rings is 1. The molecule has 4 heteroatoms. The summed E-state index contributed by atoms with van der Waals surface area (Å²) in [6.45, 7) is 7.28. The minimum atomic E-state index is -0.186. The molecule has 0 aromatic heterocycles. The molecule has 144 valence electrons. The average molecular weight is 362 g/mol. The van der Waals surface area contributed by atoms with Gasteiger partial charge in [-0.1, -0.05) is 26.8 Å². The van der Waals surface area contributed by atoms with Crippen molar-refractivity contribution in [3.05, 3.63) is 35.1 Å². The Morgan fingerprint density at radius 2 is 1.85 bits per heavy atom. The van der Waals surface area contributed by atoms with E-state index in [0.29, 0.717) is 6.10 Å². The molecule has 3 rings (SSSR count). The van der Waals surface area contributed by atoms with E-state index < -0.39 is 0 Å². The van der Waals surface area contributed by atoms with Crippen molar-refractivity contribution in [3.8, 4) is 0 Å². The van der Waals surface area contributed by atoms with Crippen LogP contribution in [-0.2, 0) is 22.4 Å². The van der Waals surface area contributed by atoms with Gasteiger partial charge < -0.3 is 9.64 Å². The number of methoxy groups -OCH3 is 1. The Labute approximate surface area is 156 Å². The highest BCUT2D eigenvalue weighted by Gasteiger charge is 2.39. The van der Waals surface area contributed by atoms with E-state index in [2.05, 4.69) is 25.7 Å². The van der Waals surface area contributed by atoms with Gasteiger partial charge in [0.1, 0.15) is 5.82 Å². The third-order valence-corrected chi connectivity index (χ3v) is 6.22. The van der Waals surface area contributed by atoms with Crippen LogP contribution in [0.5, 0.6) is 0 Å². The molecule has 1 aliphatic carbocycles. The van der Waals surface area contributed by atoms with E-state index >= 15 is 0 Å². The summed E-state index contributed by atoms with van der Waals surface area (Å²) in [4.78, 5) is 15.5. The molecule has 0 saturated heterocycles. The van der Waals surface area contributed by atoms with Crippen LogP contribution in [0.25, 0.3) is 0 Å². The summed E-state index contributed by atoms with van der Waals surface area (Å²) in [6.07, 6.45) is 5.59. The zero-order valence-electron chi connectivity index (χ0n) is 16.6. The van der Waals surface area contributed by atoms with E-state index in [1.807, 2.05) is 6.07 Å². The molecular weight excluding hydrogens is 329 g/mol. The normalized spacial score (nSPS) is 27.0. The van der Waals surface area contributed by atoms with Gasteiger partial charge in [0.15, 0.2) is 0 Å². The lowest BCUT2D eigenvalue weighted by Crippen LogP contribution is -2.51. The van der Waals surface area contributed by atoms with Gasteiger partial charge in [-0.2, -0.15) is 0 Å². The second-order valence-electron chi connectivity index (χ2n) is 8.99. The highest BCUT2D eigenvalue weighted by atomic mass is 19.1. The van der Waals surface area contributed by atoms with Gasteiger partial charge in [0.05, 0.1) is 6.10 Å². The van der Waals surface area contributed by atoms with Gasteiger partial charge >= 0.3 is 0 Å². The summed E-state index contributed by atoms with van der Waals surface area (Å²) in [5, 5.41) is 0. The number of halogens is 1. The highest BCUT2D eigenvalue weighted by molar-refractivity contribution is 5.79. The van der Waals surface area contributed by atoms with Crippen molar-refractivity contribution in [2.45, 2.75) is 71.4 Å². The molecule has 0 radical (unpaired) electrons. The van der Waals surface area contributed by atoms with Crippen molar-refractivity contribution in [3.63, 3.8) is 0 Å². The number of amides is 1. The van der Waals surface area contributed by atoms with Crippen molar-refractivity contribution in [2.75, 3.05) is 13.7 Å². The first-order valence-electron chi connectivity index (χ1n) is 9.90. The third-order valence-electron chi connectivity index (χ3n) is 6.22. The van der Waals surface area contributed by atoms with E-state index in [4.69, 9.17) is 4.74 Å². The maximum absolute atomic E-state index is 13.8. The van der Waals surface area contributed by atoms with Crippen LogP contribution in [0, 0.1) is 17.2 Å². The summed E-state index contributed by atoms with van der Waals surface area (Å²) in [5.74, 6) is 0.200. The van der Waals surface area contributed by atoms with E-state index in [9.17, 15) is 9.18 Å². The Balaban J connectivity index is 1.82. The third kappa shape index (κ3) is 4.11. The quantitative estimate of drug-likeness (QED) is 0.783. The minimum absolute atomic E-state index is 0.0483. The zero-order chi connectivity index (χ0) is 18.9. The minimum Gasteiger partial charge on any atom is -0.381 e. The summed E-state index contributed by atoms with van der Waals surface area (Å²) in [6, 6.07) is 5.18. The number of nitrogens with zero attached hydrogens (tertiary/aromatic N) is 1. The molecule has 1 amide bonds. The SMILES string of the molecule is COC1CCC(C(=O)N2CCc3ccc(F)cc3CC2C(C)(C)C)CC1. The number of rotatable bonds is 2. The molecule has 3 nitrogen and oxygen atoms in total. The van der Waals surface area contributed by atoms with Crippen molar-refractivity contribution in [1.82, 2.24) is 4.90 Å². The molecular formula is C22H32FNO2. The zero-order valence-corrected chi connectivity index (χ0v) is 16.6. The maximum Gasteiger partial charge on any atom is 0.225 e. The smallest absolute Gasteiger partial charge is 0.225 e. The molecule has 1 heterocycles. The standard InChI is InChI=1S/C22H32FNO2/c1-22(2,3)20-14-17-13-18(23)8-5-15(17)11-12-24(20)21(25)16-6-9-19(26-4)10-7-16/h5,8,13,16,19-20H,6-7,9-12,14H2,1-4H3. The molecule has 1 aromatic carbocycles. The topological polar surface area (TPSA) is 29.5 Å². The Bertz CT molecular complexity index is 644. The van der Waals surface area contributed by atoms with Crippen molar-refractivity contribution >= 4 is 5.91 Å². The predicted molar refractivity (Wildman–Crippen MR) is 102 cm³/mol. The van der Waals surface area contributed by atoms with E-state index in [1.54, 1.807) is 13.2 Å². The summed E-state index contributed by atoms with van der Waals surface area (Å²) in [7, 11) is 1.76. The predicted octanol–water partition coefficient (Wildman–Crippen LogP) is 4.37. The first kappa shape index (κ1) is 19.3. The number of ether oxygens (including phenoxy) is 1. The Morgan fingerprint density at radius 1 is 1.15 bits per heavy atom. The highest BCUT2D eigenvalue weighted by Crippen LogP contribution is 2.35. The molecule has 1 saturated carbocycles. The van der Waals surface area contributed by atoms with Crippen molar-refractivity contribution < 1.29 is 13.9 Å². The number of fused-ring (bicyclic) bond motifs is 1. The Kier molecular flexibility index (Phi) is 5.71. The summed E-state index contributed by atoms with van der Waals surface area (Å²) in [5.41, 5.74) is 2.19. The maximum atomic E-state index is 13.8. The van der Waals surface area contributed by atoms with E-state index in [0.717, 1.165) is 50.6 Å². The average Bonchev–Trinajstić information content (AvgIpc) is 2.80. The lowest BCUT2D eigenvalue weighted by atomic mass is 9.80. The van der Waals surface area contributed by atoms with Gasteiger partial charge in [0.25, 0.3) is 0 Å². The van der Waals surface area contributed by atoms with Crippen LogP contribution in [-0.4, -0.2) is 36.6 Å². The first-order valence-corrected chi connectivity index (χ1v) is 9.90. The number of carbonyl (C=O) groups is 1. The van der Waals surface area contributed by atoms with Gasteiger partial charge in [-0.3, -0.25) is 4.79 Å². The summed E-state index contributed by atoms with van der Waals surface area (Å²) < 4.78 is 19.2. The van der Waals surface area contributed by atoms with E-state index in [1.165, 1.54) is 11.6 Å². The summed E-state index contributed by atoms with van der Waals surface area (Å²) >= 11 is 0. The van der Waals surface area contributed by atoms with Gasteiger partial charge in [0, 0.05) is 25.6 Å². The number of hydrogen-bond acceptors (Lipinski definition) is 2. The van der Waals surface area contributed by atoms with Gasteiger partial charge in [0.2, 0.25) is 5.91 Å². The molecule has 26 heavy (non-hydrogen) atoms. The number of carbonyl (C=O) groups excluding carboxylic acids is 1. The molecule has 1 fully saturated rings. The van der Waals surface area contributed by atoms with Crippen LogP contribution < -0.4 is 0 Å². The molecule has 1 atom stereocenters. The second kappa shape index (κ2) is 7.67. The molecule has 1 unspecified atom stereocenters. The largest absolute Gasteiger partial charge is 0.381 e. The van der Waals surface area contributed by atoms with Crippen LogP contribution in [0.4, 0.5) is 4.39 Å². The van der Waals surface area contributed by atoms with Gasteiger partial charge in [-0.25, -0.2) is 4.39 Å². The second-order valence-corrected chi connectivity index (χ2v) is 8.99. The fraction of sp³-hybridized carbons (Fsp3) is 0.682. The fourth-order valence-electron chi connectivity index (χ4n) is 4.56. The van der Waals surface area contributed by atoms with Crippen molar-refractivity contribution in [1.29, 1.82) is 0 Å².